The number of imidazole rings is 1. The predicted molar refractivity (Wildman–Crippen MR) is 156 cm³/mol. The molecule has 10 heteroatoms. The summed E-state index contributed by atoms with van der Waals surface area (Å²) in [5, 5.41) is 26.5. The van der Waals surface area contributed by atoms with Gasteiger partial charge in [0, 0.05) is 28.5 Å². The Bertz CT molecular complexity index is 1520. The number of nitrogens with one attached hydrogen (secondary N) is 1. The topological polar surface area (TPSA) is 98.1 Å². The van der Waals surface area contributed by atoms with E-state index >= 15 is 0 Å². The normalized spacial score (nSPS) is 11.9. The van der Waals surface area contributed by atoms with E-state index in [0.29, 0.717) is 22.9 Å². The number of hydrogen-bond donors (Lipinski definition) is 1. The fourth-order valence-electron chi connectivity index (χ4n) is 4.41. The maximum absolute atomic E-state index is 5.14. The summed E-state index contributed by atoms with van der Waals surface area (Å²) >= 11 is 3.46. The molecule has 0 spiro atoms. The molecule has 5 rings (SSSR count). The molecule has 0 aliphatic carbocycles. The van der Waals surface area contributed by atoms with Gasteiger partial charge in [0.2, 0.25) is 5.82 Å². The lowest BCUT2D eigenvalue weighted by Crippen LogP contribution is -2.08. The molecular formula is C28H32N8S2. The minimum Gasteiger partial charge on any atom is -0.321 e. The van der Waals surface area contributed by atoms with E-state index in [1.807, 2.05) is 18.2 Å². The molecule has 0 aliphatic heterocycles. The van der Waals surface area contributed by atoms with Crippen LogP contribution in [0, 0.1) is 0 Å². The van der Waals surface area contributed by atoms with Crippen LogP contribution >= 0.6 is 23.5 Å². The van der Waals surface area contributed by atoms with Gasteiger partial charge in [-0.3, -0.25) is 0 Å². The Hall–Kier alpha value is -3.24. The van der Waals surface area contributed by atoms with Gasteiger partial charge in [-0.1, -0.05) is 114 Å². The summed E-state index contributed by atoms with van der Waals surface area (Å²) in [5.74, 6) is 1.90. The van der Waals surface area contributed by atoms with Crippen LogP contribution in [0.4, 0.5) is 0 Å². The van der Waals surface area contributed by atoms with Crippen LogP contribution in [0.5, 0.6) is 0 Å². The quantitative estimate of drug-likeness (QED) is 0.201. The Morgan fingerprint density at radius 1 is 0.789 bits per heavy atom. The average Bonchev–Trinajstić information content (AvgIpc) is 3.55. The first-order chi connectivity index (χ1) is 18.3. The number of rotatable bonds is 9. The van der Waals surface area contributed by atoms with E-state index in [1.54, 1.807) is 23.5 Å². The maximum Gasteiger partial charge on any atom is 0.205 e. The van der Waals surface area contributed by atoms with Crippen LogP contribution in [-0.2, 0) is 6.54 Å². The van der Waals surface area contributed by atoms with Gasteiger partial charge in [0.15, 0.2) is 0 Å². The van der Waals surface area contributed by atoms with Gasteiger partial charge in [0.1, 0.15) is 26.9 Å². The van der Waals surface area contributed by atoms with Crippen molar-refractivity contribution in [1.29, 1.82) is 0 Å². The van der Waals surface area contributed by atoms with E-state index in [2.05, 4.69) is 107 Å². The molecule has 0 atom stereocenters. The van der Waals surface area contributed by atoms with Gasteiger partial charge in [-0.15, -0.1) is 20.4 Å². The van der Waals surface area contributed by atoms with E-state index in [-0.39, 0.29) is 5.92 Å². The van der Waals surface area contributed by atoms with Gasteiger partial charge >= 0.3 is 0 Å². The Labute approximate surface area is 231 Å². The number of fused-ring (bicyclic) bond motifs is 1. The average molecular weight is 545 g/mol. The van der Waals surface area contributed by atoms with E-state index in [0.717, 1.165) is 43.6 Å². The molecule has 0 aliphatic rings. The van der Waals surface area contributed by atoms with E-state index in [1.165, 1.54) is 5.56 Å². The van der Waals surface area contributed by atoms with Gasteiger partial charge in [-0.05, 0) is 21.9 Å². The lowest BCUT2D eigenvalue weighted by atomic mass is 9.98. The van der Waals surface area contributed by atoms with Crippen LogP contribution in [0.15, 0.2) is 58.6 Å². The highest BCUT2D eigenvalue weighted by molar-refractivity contribution is 8.00. The third kappa shape index (κ3) is 5.47. The summed E-state index contributed by atoms with van der Waals surface area (Å²) in [6, 6.07) is 16.8. The summed E-state index contributed by atoms with van der Waals surface area (Å²) in [7, 11) is 0. The molecule has 0 bridgehead atoms. The second kappa shape index (κ2) is 11.2. The molecule has 1 N–H and O–H groups in total. The van der Waals surface area contributed by atoms with Crippen LogP contribution in [0.25, 0.3) is 33.5 Å². The molecule has 3 heterocycles. The highest BCUT2D eigenvalue weighted by atomic mass is 32.2. The fraction of sp³-hybridized carbons (Fsp3) is 0.357. The summed E-state index contributed by atoms with van der Waals surface area (Å²) in [6.45, 7) is 13.8. The Morgan fingerprint density at radius 3 is 2.08 bits per heavy atom. The van der Waals surface area contributed by atoms with E-state index < -0.39 is 0 Å². The lowest BCUT2D eigenvalue weighted by molar-refractivity contribution is 0.679. The number of tetrazole rings is 1. The van der Waals surface area contributed by atoms with Crippen LogP contribution in [0.2, 0.25) is 0 Å². The first-order valence-electron chi connectivity index (χ1n) is 12.8. The van der Waals surface area contributed by atoms with Crippen molar-refractivity contribution in [2.75, 3.05) is 0 Å². The number of H-pyrrole nitrogens is 1. The predicted octanol–water partition coefficient (Wildman–Crippen LogP) is 6.85. The van der Waals surface area contributed by atoms with E-state index in [4.69, 9.17) is 4.98 Å². The maximum atomic E-state index is 5.14. The third-order valence-corrected chi connectivity index (χ3v) is 7.90. The fourth-order valence-corrected chi connectivity index (χ4v) is 6.05. The molecule has 0 unspecified atom stereocenters. The number of aromatic nitrogens is 8. The van der Waals surface area contributed by atoms with Crippen LogP contribution in [-0.4, -0.2) is 50.9 Å². The Kier molecular flexibility index (Phi) is 7.80. The van der Waals surface area contributed by atoms with E-state index in [9.17, 15) is 0 Å². The first-order valence-corrected chi connectivity index (χ1v) is 14.6. The van der Waals surface area contributed by atoms with Crippen LogP contribution in [0.3, 0.4) is 0 Å². The standard InChI is InChI=1S/C28H32N8S2/c1-16(2)26-29-23-24(28(38-18(5)6)33-32-27(23)37-17(3)4)36(26)15-19-11-13-20(14-12-19)21-9-7-8-10-22(21)25-30-34-35-31-25/h7-14,16-18H,15H2,1-6H3,(H,30,31,34,35). The largest absolute Gasteiger partial charge is 0.321 e. The number of benzene rings is 2. The van der Waals surface area contributed by atoms with Crippen LogP contribution in [0.1, 0.15) is 58.8 Å². The first kappa shape index (κ1) is 26.4. The molecule has 196 valence electrons. The monoisotopic (exact) mass is 544 g/mol. The highest BCUT2D eigenvalue weighted by Crippen LogP contribution is 2.37. The third-order valence-electron chi connectivity index (χ3n) is 5.96. The SMILES string of the molecule is CC(C)Sc1nnc(SC(C)C)c2c1nc(C(C)C)n2Cc1ccc(-c2ccccc2-c2nn[nH]n2)cc1. The van der Waals surface area contributed by atoms with Gasteiger partial charge in [0.25, 0.3) is 0 Å². The summed E-state index contributed by atoms with van der Waals surface area (Å²) in [4.78, 5) is 5.14. The molecule has 3 aromatic heterocycles. The second-order valence-corrected chi connectivity index (χ2v) is 13.2. The zero-order valence-corrected chi connectivity index (χ0v) is 24.1. The molecule has 0 saturated carbocycles. The zero-order valence-electron chi connectivity index (χ0n) is 22.5. The summed E-state index contributed by atoms with van der Waals surface area (Å²) in [5.41, 5.74) is 6.35. The van der Waals surface area contributed by atoms with Crippen molar-refractivity contribution >= 4 is 34.6 Å². The Balaban J connectivity index is 1.56. The molecular weight excluding hydrogens is 512 g/mol. The lowest BCUT2D eigenvalue weighted by Gasteiger charge is -2.15. The molecule has 0 radical (unpaired) electrons. The second-order valence-electron chi connectivity index (χ2n) is 10.0. The number of hydrogen-bond acceptors (Lipinski definition) is 8. The number of thioether (sulfide) groups is 2. The molecule has 0 fully saturated rings. The van der Waals surface area contributed by atoms with Crippen molar-refractivity contribution in [1.82, 2.24) is 40.4 Å². The van der Waals surface area contributed by atoms with Crippen molar-refractivity contribution in [2.24, 2.45) is 0 Å². The van der Waals surface area contributed by atoms with Crippen molar-refractivity contribution in [3.05, 3.63) is 59.9 Å². The Morgan fingerprint density at radius 2 is 1.45 bits per heavy atom. The molecule has 0 saturated heterocycles. The highest BCUT2D eigenvalue weighted by Gasteiger charge is 2.23. The summed E-state index contributed by atoms with van der Waals surface area (Å²) < 4.78 is 2.34. The number of nitrogens with zero attached hydrogens (tertiary/aromatic N) is 7. The molecule has 5 aromatic rings. The number of aromatic amines is 1. The van der Waals surface area contributed by atoms with Crippen molar-refractivity contribution in [2.45, 2.75) is 74.6 Å². The van der Waals surface area contributed by atoms with Gasteiger partial charge in [0.05, 0.1) is 0 Å². The minimum absolute atomic E-state index is 0.261. The summed E-state index contributed by atoms with van der Waals surface area (Å²) in [6.07, 6.45) is 0. The molecule has 2 aromatic carbocycles. The van der Waals surface area contributed by atoms with Gasteiger partial charge in [-0.25, -0.2) is 4.98 Å². The van der Waals surface area contributed by atoms with Crippen molar-refractivity contribution < 1.29 is 0 Å². The molecule has 8 nitrogen and oxygen atoms in total. The smallest absolute Gasteiger partial charge is 0.205 e. The molecule has 0 amide bonds. The van der Waals surface area contributed by atoms with Crippen molar-refractivity contribution in [3.8, 4) is 22.5 Å². The zero-order chi connectivity index (χ0) is 26.8. The van der Waals surface area contributed by atoms with Gasteiger partial charge < -0.3 is 4.57 Å². The molecule has 38 heavy (non-hydrogen) atoms. The minimum atomic E-state index is 0.261. The van der Waals surface area contributed by atoms with Crippen LogP contribution < -0.4 is 0 Å². The van der Waals surface area contributed by atoms with Crippen molar-refractivity contribution in [3.63, 3.8) is 0 Å². The van der Waals surface area contributed by atoms with Gasteiger partial charge in [-0.2, -0.15) is 5.21 Å².